The smallest absolute Gasteiger partial charge is 0.254 e. The van der Waals surface area contributed by atoms with Gasteiger partial charge in [-0.05, 0) is 39.0 Å². The molecule has 2 aromatic rings. The van der Waals surface area contributed by atoms with Crippen molar-refractivity contribution < 1.29 is 9.53 Å². The Morgan fingerprint density at radius 3 is 2.73 bits per heavy atom. The minimum absolute atomic E-state index is 0.0373. The lowest BCUT2D eigenvalue weighted by atomic mass is 10.1. The molecule has 7 nitrogen and oxygen atoms in total. The number of ether oxygens (including phenoxy) is 1. The SMILES string of the molecule is CCN(C)c1ccnc([C@H]2COCCN2C(=O)c2cc(C)nc(C)c2)n1. The van der Waals surface area contributed by atoms with Crippen LogP contribution in [0, 0.1) is 13.8 Å². The number of carbonyl (C=O) groups is 1. The zero-order valence-corrected chi connectivity index (χ0v) is 15.8. The van der Waals surface area contributed by atoms with Gasteiger partial charge in [0, 0.05) is 43.3 Å². The lowest BCUT2D eigenvalue weighted by molar-refractivity contribution is -0.00521. The van der Waals surface area contributed by atoms with E-state index in [4.69, 9.17) is 4.74 Å². The van der Waals surface area contributed by atoms with Crippen molar-refractivity contribution in [3.05, 3.63) is 47.2 Å². The second kappa shape index (κ2) is 7.78. The Balaban J connectivity index is 1.92. The van der Waals surface area contributed by atoms with Gasteiger partial charge in [-0.25, -0.2) is 9.97 Å². The summed E-state index contributed by atoms with van der Waals surface area (Å²) >= 11 is 0. The van der Waals surface area contributed by atoms with Gasteiger partial charge in [0.25, 0.3) is 5.91 Å². The molecule has 0 N–H and O–H groups in total. The highest BCUT2D eigenvalue weighted by Crippen LogP contribution is 2.25. The third kappa shape index (κ3) is 3.83. The molecule has 2 aromatic heterocycles. The molecule has 0 radical (unpaired) electrons. The molecule has 0 saturated carbocycles. The van der Waals surface area contributed by atoms with Crippen LogP contribution >= 0.6 is 0 Å². The predicted octanol–water partition coefficient (Wildman–Crippen LogP) is 2.16. The van der Waals surface area contributed by atoms with Crippen LogP contribution in [0.15, 0.2) is 24.4 Å². The summed E-state index contributed by atoms with van der Waals surface area (Å²) in [6.07, 6.45) is 1.74. The van der Waals surface area contributed by atoms with E-state index in [1.165, 1.54) is 0 Å². The van der Waals surface area contributed by atoms with Gasteiger partial charge in [-0.2, -0.15) is 0 Å². The number of rotatable bonds is 4. The van der Waals surface area contributed by atoms with Crippen LogP contribution in [0.1, 0.15) is 40.5 Å². The maximum absolute atomic E-state index is 13.1. The van der Waals surface area contributed by atoms with Crippen molar-refractivity contribution in [2.75, 3.05) is 38.3 Å². The first kappa shape index (κ1) is 18.3. The van der Waals surface area contributed by atoms with Crippen LogP contribution in [0.3, 0.4) is 0 Å². The first-order valence-electron chi connectivity index (χ1n) is 8.87. The standard InChI is InChI=1S/C19H25N5O2/c1-5-23(4)17-6-7-20-18(22-17)16-12-26-9-8-24(16)19(25)15-10-13(2)21-14(3)11-15/h6-7,10-11,16H,5,8-9,12H2,1-4H3/t16-/m1/s1. The molecule has 3 rings (SSSR count). The summed E-state index contributed by atoms with van der Waals surface area (Å²) in [5.41, 5.74) is 2.31. The van der Waals surface area contributed by atoms with Gasteiger partial charge in [-0.3, -0.25) is 9.78 Å². The van der Waals surface area contributed by atoms with Crippen LogP contribution < -0.4 is 4.90 Å². The first-order valence-corrected chi connectivity index (χ1v) is 8.87. The van der Waals surface area contributed by atoms with Gasteiger partial charge < -0.3 is 14.5 Å². The molecule has 1 saturated heterocycles. The molecule has 1 amide bonds. The van der Waals surface area contributed by atoms with Crippen molar-refractivity contribution in [2.45, 2.75) is 26.8 Å². The number of nitrogens with zero attached hydrogens (tertiary/aromatic N) is 5. The number of hydrogen-bond donors (Lipinski definition) is 0. The number of aryl methyl sites for hydroxylation is 2. The van der Waals surface area contributed by atoms with Gasteiger partial charge in [0.2, 0.25) is 0 Å². The van der Waals surface area contributed by atoms with Crippen molar-refractivity contribution in [3.8, 4) is 0 Å². The summed E-state index contributed by atoms with van der Waals surface area (Å²) in [7, 11) is 1.98. The molecule has 0 aromatic carbocycles. The van der Waals surface area contributed by atoms with Crippen molar-refractivity contribution >= 4 is 11.7 Å². The average molecular weight is 355 g/mol. The molecule has 0 aliphatic carbocycles. The molecule has 1 fully saturated rings. The maximum Gasteiger partial charge on any atom is 0.254 e. The third-order valence-electron chi connectivity index (χ3n) is 4.54. The van der Waals surface area contributed by atoms with E-state index in [1.54, 1.807) is 6.20 Å². The highest BCUT2D eigenvalue weighted by Gasteiger charge is 2.31. The minimum atomic E-state index is -0.296. The molecule has 0 spiro atoms. The second-order valence-corrected chi connectivity index (χ2v) is 6.52. The quantitative estimate of drug-likeness (QED) is 0.837. The van der Waals surface area contributed by atoms with E-state index in [0.29, 0.717) is 31.1 Å². The molecule has 0 unspecified atom stereocenters. The Labute approximate surface area is 154 Å². The van der Waals surface area contributed by atoms with Crippen molar-refractivity contribution in [3.63, 3.8) is 0 Å². The fraction of sp³-hybridized carbons (Fsp3) is 0.474. The maximum atomic E-state index is 13.1. The molecule has 0 bridgehead atoms. The number of carbonyl (C=O) groups excluding carboxylic acids is 1. The molecule has 7 heteroatoms. The van der Waals surface area contributed by atoms with E-state index >= 15 is 0 Å². The van der Waals surface area contributed by atoms with Gasteiger partial charge in [0.15, 0.2) is 5.82 Å². The fourth-order valence-corrected chi connectivity index (χ4v) is 3.08. The predicted molar refractivity (Wildman–Crippen MR) is 99.3 cm³/mol. The average Bonchev–Trinajstić information content (AvgIpc) is 2.66. The summed E-state index contributed by atoms with van der Waals surface area (Å²) in [5, 5.41) is 0. The molecule has 3 heterocycles. The highest BCUT2D eigenvalue weighted by molar-refractivity contribution is 5.94. The van der Waals surface area contributed by atoms with Crippen LogP contribution in [0.25, 0.3) is 0 Å². The Morgan fingerprint density at radius 2 is 2.04 bits per heavy atom. The topological polar surface area (TPSA) is 71.5 Å². The van der Waals surface area contributed by atoms with Crippen molar-refractivity contribution in [2.24, 2.45) is 0 Å². The number of morpholine rings is 1. The van der Waals surface area contributed by atoms with E-state index in [2.05, 4.69) is 21.9 Å². The van der Waals surface area contributed by atoms with Crippen molar-refractivity contribution in [1.29, 1.82) is 0 Å². The summed E-state index contributed by atoms with van der Waals surface area (Å²) in [6.45, 7) is 8.13. The van der Waals surface area contributed by atoms with Gasteiger partial charge in [-0.15, -0.1) is 0 Å². The van der Waals surface area contributed by atoms with Gasteiger partial charge in [-0.1, -0.05) is 0 Å². The minimum Gasteiger partial charge on any atom is -0.377 e. The molecular formula is C19H25N5O2. The zero-order valence-electron chi connectivity index (χ0n) is 15.8. The fourth-order valence-electron chi connectivity index (χ4n) is 3.08. The van der Waals surface area contributed by atoms with E-state index in [0.717, 1.165) is 23.8 Å². The Morgan fingerprint density at radius 1 is 1.31 bits per heavy atom. The van der Waals surface area contributed by atoms with Gasteiger partial charge in [0.05, 0.1) is 13.2 Å². The molecule has 1 aliphatic rings. The van der Waals surface area contributed by atoms with Gasteiger partial charge in [0.1, 0.15) is 11.9 Å². The van der Waals surface area contributed by atoms with Gasteiger partial charge >= 0.3 is 0 Å². The van der Waals surface area contributed by atoms with E-state index < -0.39 is 0 Å². The molecular weight excluding hydrogens is 330 g/mol. The molecule has 138 valence electrons. The normalized spacial score (nSPS) is 17.2. The number of anilines is 1. The van der Waals surface area contributed by atoms with Crippen molar-refractivity contribution in [1.82, 2.24) is 19.9 Å². The van der Waals surface area contributed by atoms with E-state index in [-0.39, 0.29) is 11.9 Å². The largest absolute Gasteiger partial charge is 0.377 e. The molecule has 1 atom stereocenters. The summed E-state index contributed by atoms with van der Waals surface area (Å²) < 4.78 is 5.63. The number of aromatic nitrogens is 3. The molecule has 1 aliphatic heterocycles. The van der Waals surface area contributed by atoms with E-state index in [9.17, 15) is 4.79 Å². The first-order chi connectivity index (χ1) is 12.5. The van der Waals surface area contributed by atoms with Crippen LogP contribution in [0.5, 0.6) is 0 Å². The molecule has 26 heavy (non-hydrogen) atoms. The second-order valence-electron chi connectivity index (χ2n) is 6.52. The third-order valence-corrected chi connectivity index (χ3v) is 4.54. The monoisotopic (exact) mass is 355 g/mol. The van der Waals surface area contributed by atoms with E-state index in [1.807, 2.05) is 48.9 Å². The Kier molecular flexibility index (Phi) is 5.46. The van der Waals surface area contributed by atoms with Crippen LogP contribution in [0.4, 0.5) is 5.82 Å². The summed E-state index contributed by atoms with van der Waals surface area (Å²) in [4.78, 5) is 30.4. The summed E-state index contributed by atoms with van der Waals surface area (Å²) in [5.74, 6) is 1.41. The van der Waals surface area contributed by atoms with Crippen LogP contribution in [0.2, 0.25) is 0 Å². The lowest BCUT2D eigenvalue weighted by Gasteiger charge is -2.35. The van der Waals surface area contributed by atoms with Crippen LogP contribution in [-0.4, -0.2) is 59.1 Å². The summed E-state index contributed by atoms with van der Waals surface area (Å²) in [6, 6.07) is 5.22. The highest BCUT2D eigenvalue weighted by atomic mass is 16.5. The number of pyridine rings is 1. The number of amides is 1. The lowest BCUT2D eigenvalue weighted by Crippen LogP contribution is -2.44. The number of hydrogen-bond acceptors (Lipinski definition) is 6. The van der Waals surface area contributed by atoms with Crippen LogP contribution in [-0.2, 0) is 4.74 Å². The Hall–Kier alpha value is -2.54. The Bertz CT molecular complexity index is 775. The zero-order chi connectivity index (χ0) is 18.7.